The monoisotopic (exact) mass is 261 g/mol. The van der Waals surface area contributed by atoms with Gasteiger partial charge in [0.15, 0.2) is 0 Å². The van der Waals surface area contributed by atoms with Gasteiger partial charge in [-0.25, -0.2) is 0 Å². The zero-order chi connectivity index (χ0) is 14.1. The Kier molecular flexibility index (Phi) is 6.58. The van der Waals surface area contributed by atoms with Gasteiger partial charge in [-0.3, -0.25) is 4.79 Å². The van der Waals surface area contributed by atoms with Gasteiger partial charge in [0.1, 0.15) is 6.04 Å². The van der Waals surface area contributed by atoms with Crippen LogP contribution in [0.2, 0.25) is 0 Å². The summed E-state index contributed by atoms with van der Waals surface area (Å²) >= 11 is 0. The summed E-state index contributed by atoms with van der Waals surface area (Å²) in [7, 11) is 1.57. The van der Waals surface area contributed by atoms with Gasteiger partial charge in [-0.15, -0.1) is 0 Å². The molecule has 0 aliphatic rings. The predicted octanol–water partition coefficient (Wildman–Crippen LogP) is 1.08. The quantitative estimate of drug-likeness (QED) is 0.796. The van der Waals surface area contributed by atoms with Crippen LogP contribution in [0.1, 0.15) is 18.0 Å². The molecular weight excluding hydrogens is 242 g/mol. The number of hydrogen-bond donors (Lipinski definition) is 1. The van der Waals surface area contributed by atoms with Gasteiger partial charge in [0.2, 0.25) is 5.91 Å². The Hall–Kier alpha value is -1.90. The molecule has 2 N–H and O–H groups in total. The molecule has 0 aromatic heterocycles. The van der Waals surface area contributed by atoms with Crippen molar-refractivity contribution in [3.8, 4) is 6.07 Å². The van der Waals surface area contributed by atoms with Crippen molar-refractivity contribution < 1.29 is 9.53 Å². The van der Waals surface area contributed by atoms with Crippen molar-refractivity contribution in [2.75, 3.05) is 26.8 Å². The van der Waals surface area contributed by atoms with Crippen molar-refractivity contribution in [2.45, 2.75) is 12.5 Å². The van der Waals surface area contributed by atoms with Crippen molar-refractivity contribution in [2.24, 2.45) is 5.73 Å². The Bertz CT molecular complexity index is 428. The van der Waals surface area contributed by atoms with Crippen LogP contribution in [-0.2, 0) is 9.53 Å². The van der Waals surface area contributed by atoms with E-state index in [-0.39, 0.29) is 12.3 Å². The highest BCUT2D eigenvalue weighted by Gasteiger charge is 2.21. The fraction of sp³-hybridized carbons (Fsp3) is 0.429. The van der Waals surface area contributed by atoms with Crippen LogP contribution in [-0.4, -0.2) is 37.6 Å². The van der Waals surface area contributed by atoms with E-state index in [4.69, 9.17) is 15.7 Å². The fourth-order valence-electron chi connectivity index (χ4n) is 1.72. The van der Waals surface area contributed by atoms with Gasteiger partial charge in [0, 0.05) is 20.2 Å². The van der Waals surface area contributed by atoms with Crippen molar-refractivity contribution in [1.82, 2.24) is 4.90 Å². The highest BCUT2D eigenvalue weighted by Crippen LogP contribution is 2.13. The number of amides is 1. The first-order chi connectivity index (χ1) is 9.20. The molecule has 102 valence electrons. The standard InChI is InChI=1S/C14H19N3O2/c1-19-11-10-17(9-5-8-15)14(18)13(16)12-6-3-2-4-7-12/h2-4,6-7,13H,5,9-11,16H2,1H3. The maximum Gasteiger partial charge on any atom is 0.244 e. The second-order valence-corrected chi connectivity index (χ2v) is 4.11. The first kappa shape index (κ1) is 15.2. The van der Waals surface area contributed by atoms with Gasteiger partial charge < -0.3 is 15.4 Å². The smallest absolute Gasteiger partial charge is 0.244 e. The zero-order valence-corrected chi connectivity index (χ0v) is 11.1. The Morgan fingerprint density at radius 1 is 1.42 bits per heavy atom. The number of nitrogens with zero attached hydrogens (tertiary/aromatic N) is 2. The van der Waals surface area contributed by atoms with Crippen LogP contribution >= 0.6 is 0 Å². The third kappa shape index (κ3) is 4.70. The number of nitrogens with two attached hydrogens (primary N) is 1. The van der Waals surface area contributed by atoms with E-state index in [0.717, 1.165) is 5.56 Å². The van der Waals surface area contributed by atoms with Crippen LogP contribution in [0, 0.1) is 11.3 Å². The van der Waals surface area contributed by atoms with Crippen molar-refractivity contribution in [3.05, 3.63) is 35.9 Å². The summed E-state index contributed by atoms with van der Waals surface area (Å²) in [6.07, 6.45) is 0.289. The van der Waals surface area contributed by atoms with Crippen LogP contribution in [0.3, 0.4) is 0 Å². The van der Waals surface area contributed by atoms with Crippen LogP contribution in [0.15, 0.2) is 30.3 Å². The molecule has 1 aromatic carbocycles. The van der Waals surface area contributed by atoms with E-state index in [0.29, 0.717) is 19.7 Å². The summed E-state index contributed by atoms with van der Waals surface area (Å²) in [5.74, 6) is -0.182. The van der Waals surface area contributed by atoms with Crippen LogP contribution in [0.25, 0.3) is 0 Å². The molecule has 1 atom stereocenters. The van der Waals surface area contributed by atoms with Gasteiger partial charge in [-0.1, -0.05) is 30.3 Å². The lowest BCUT2D eigenvalue weighted by Crippen LogP contribution is -2.40. The summed E-state index contributed by atoms with van der Waals surface area (Å²) in [6.45, 7) is 1.25. The zero-order valence-electron chi connectivity index (χ0n) is 11.1. The molecular formula is C14H19N3O2. The first-order valence-electron chi connectivity index (χ1n) is 6.16. The molecule has 5 nitrogen and oxygen atoms in total. The number of benzene rings is 1. The average Bonchev–Trinajstić information content (AvgIpc) is 2.47. The van der Waals surface area contributed by atoms with E-state index < -0.39 is 6.04 Å². The number of nitriles is 1. The molecule has 0 bridgehead atoms. The molecule has 0 saturated heterocycles. The molecule has 0 spiro atoms. The number of carbonyl (C=O) groups excluding carboxylic acids is 1. The first-order valence-corrected chi connectivity index (χ1v) is 6.16. The van der Waals surface area contributed by atoms with E-state index in [2.05, 4.69) is 0 Å². The van der Waals surface area contributed by atoms with Crippen molar-refractivity contribution in [1.29, 1.82) is 5.26 Å². The van der Waals surface area contributed by atoms with E-state index in [1.807, 2.05) is 36.4 Å². The Morgan fingerprint density at radius 3 is 2.68 bits per heavy atom. The van der Waals surface area contributed by atoms with Crippen molar-refractivity contribution in [3.63, 3.8) is 0 Å². The number of rotatable bonds is 7. The third-order valence-corrected chi connectivity index (χ3v) is 2.80. The summed E-state index contributed by atoms with van der Waals surface area (Å²) in [5.41, 5.74) is 6.74. The lowest BCUT2D eigenvalue weighted by atomic mass is 10.1. The predicted molar refractivity (Wildman–Crippen MR) is 72.1 cm³/mol. The van der Waals surface area contributed by atoms with Gasteiger partial charge in [0.25, 0.3) is 0 Å². The number of hydrogen-bond acceptors (Lipinski definition) is 4. The van der Waals surface area contributed by atoms with Crippen LogP contribution in [0.4, 0.5) is 0 Å². The molecule has 0 radical (unpaired) electrons. The maximum absolute atomic E-state index is 12.3. The molecule has 1 amide bonds. The second kappa shape index (κ2) is 8.25. The Morgan fingerprint density at radius 2 is 2.11 bits per heavy atom. The summed E-state index contributed by atoms with van der Waals surface area (Å²) in [4.78, 5) is 13.9. The Labute approximate surface area is 113 Å². The minimum atomic E-state index is -0.697. The van der Waals surface area contributed by atoms with E-state index in [9.17, 15) is 4.79 Å². The number of carbonyl (C=O) groups is 1. The van der Waals surface area contributed by atoms with Gasteiger partial charge in [0.05, 0.1) is 19.1 Å². The molecule has 1 aromatic rings. The highest BCUT2D eigenvalue weighted by molar-refractivity contribution is 5.83. The molecule has 0 heterocycles. The molecule has 1 unspecified atom stereocenters. The summed E-state index contributed by atoms with van der Waals surface area (Å²) in [6, 6.07) is 10.5. The molecule has 0 saturated carbocycles. The molecule has 0 aliphatic carbocycles. The fourth-order valence-corrected chi connectivity index (χ4v) is 1.72. The minimum Gasteiger partial charge on any atom is -0.383 e. The molecule has 0 fully saturated rings. The lowest BCUT2D eigenvalue weighted by Gasteiger charge is -2.24. The molecule has 5 heteroatoms. The van der Waals surface area contributed by atoms with Gasteiger partial charge in [-0.2, -0.15) is 5.26 Å². The topological polar surface area (TPSA) is 79.3 Å². The SMILES string of the molecule is COCCN(CCC#N)C(=O)C(N)c1ccccc1. The van der Waals surface area contributed by atoms with E-state index in [1.165, 1.54) is 0 Å². The van der Waals surface area contributed by atoms with Crippen molar-refractivity contribution >= 4 is 5.91 Å². The largest absolute Gasteiger partial charge is 0.383 e. The number of methoxy groups -OCH3 is 1. The van der Waals surface area contributed by atoms with E-state index in [1.54, 1.807) is 12.0 Å². The maximum atomic E-state index is 12.3. The third-order valence-electron chi connectivity index (χ3n) is 2.80. The van der Waals surface area contributed by atoms with Crippen LogP contribution in [0.5, 0.6) is 0 Å². The van der Waals surface area contributed by atoms with Gasteiger partial charge >= 0.3 is 0 Å². The van der Waals surface area contributed by atoms with E-state index >= 15 is 0 Å². The molecule has 19 heavy (non-hydrogen) atoms. The average molecular weight is 261 g/mol. The summed E-state index contributed by atoms with van der Waals surface area (Å²) in [5, 5.41) is 8.63. The second-order valence-electron chi connectivity index (χ2n) is 4.11. The minimum absolute atomic E-state index is 0.182. The number of ether oxygens (including phenoxy) is 1. The van der Waals surface area contributed by atoms with Gasteiger partial charge in [-0.05, 0) is 5.56 Å². The Balaban J connectivity index is 2.72. The van der Waals surface area contributed by atoms with Crippen LogP contribution < -0.4 is 5.73 Å². The lowest BCUT2D eigenvalue weighted by molar-refractivity contribution is -0.133. The highest BCUT2D eigenvalue weighted by atomic mass is 16.5. The summed E-state index contributed by atoms with van der Waals surface area (Å²) < 4.78 is 4.97. The molecule has 1 rings (SSSR count). The molecule has 0 aliphatic heterocycles. The normalized spacial score (nSPS) is 11.6.